The fraction of sp³-hybridized carbons (Fsp3) is 0.519. The second kappa shape index (κ2) is 15.0. The smallest absolute Gasteiger partial charge is 0.328 e. The van der Waals surface area contributed by atoms with Crippen molar-refractivity contribution in [1.29, 1.82) is 0 Å². The Morgan fingerprint density at radius 3 is 2.48 bits per heavy atom. The van der Waals surface area contributed by atoms with E-state index in [4.69, 9.17) is 17.3 Å². The molecule has 1 aliphatic heterocycles. The van der Waals surface area contributed by atoms with E-state index in [1.165, 1.54) is 28.5 Å². The van der Waals surface area contributed by atoms with Gasteiger partial charge in [0.25, 0.3) is 0 Å². The molecular weight excluding hydrogens is 578 g/mol. The first-order valence-electron chi connectivity index (χ1n) is 13.0. The van der Waals surface area contributed by atoms with Gasteiger partial charge in [0.15, 0.2) is 5.78 Å². The summed E-state index contributed by atoms with van der Waals surface area (Å²) in [5.74, 6) is -3.23. The standard InChI is InChI=1S/C27H34ClN3O7S2/c1-15(32)20(29)8-9-23(33)30-21(27(37)38)14-39-40-22-10-11-31(13-17-4-2-3-5-19(17)28)25(18(22)12-24(34)35)26(36)16-6-7-16/h2-5,12,16,20-22,25H,6-11,13-14,29H2,1H3,(H,30,33)(H,34,35)(H,37,38)/b18-12+. The van der Waals surface area contributed by atoms with E-state index in [9.17, 15) is 34.2 Å². The molecule has 1 amide bonds. The number of carbonyl (C=O) groups is 5. The second-order valence-electron chi connectivity index (χ2n) is 10.00. The first-order valence-corrected chi connectivity index (χ1v) is 15.8. The van der Waals surface area contributed by atoms with E-state index in [1.807, 2.05) is 23.1 Å². The number of carboxylic acid groups (broad SMARTS) is 2. The van der Waals surface area contributed by atoms with Gasteiger partial charge < -0.3 is 21.3 Å². The number of amides is 1. The van der Waals surface area contributed by atoms with Crippen molar-refractivity contribution in [3.05, 3.63) is 46.5 Å². The summed E-state index contributed by atoms with van der Waals surface area (Å²) >= 11 is 6.38. The summed E-state index contributed by atoms with van der Waals surface area (Å²) in [6, 6.07) is 4.66. The van der Waals surface area contributed by atoms with Gasteiger partial charge in [0.2, 0.25) is 5.91 Å². The number of carbonyl (C=O) groups excluding carboxylic acids is 3. The van der Waals surface area contributed by atoms with Crippen molar-refractivity contribution in [2.24, 2.45) is 11.7 Å². The largest absolute Gasteiger partial charge is 0.480 e. The van der Waals surface area contributed by atoms with Gasteiger partial charge in [-0.2, -0.15) is 0 Å². The van der Waals surface area contributed by atoms with Crippen LogP contribution in [0, 0.1) is 5.92 Å². The summed E-state index contributed by atoms with van der Waals surface area (Å²) in [4.78, 5) is 62.5. The van der Waals surface area contributed by atoms with Gasteiger partial charge in [-0.3, -0.25) is 19.3 Å². The normalized spacial score (nSPS) is 21.9. The maximum atomic E-state index is 13.4. The highest BCUT2D eigenvalue weighted by Crippen LogP contribution is 2.43. The topological polar surface area (TPSA) is 167 Å². The quantitative estimate of drug-likeness (QED) is 0.170. The maximum Gasteiger partial charge on any atom is 0.328 e. The lowest BCUT2D eigenvalue weighted by Gasteiger charge is -2.40. The second-order valence-corrected chi connectivity index (χ2v) is 13.0. The first kappa shape index (κ1) is 32.1. The molecule has 1 aromatic carbocycles. The number of halogens is 1. The summed E-state index contributed by atoms with van der Waals surface area (Å²) in [6.07, 6.45) is 3.24. The predicted octanol–water partition coefficient (Wildman–Crippen LogP) is 2.92. The molecule has 40 heavy (non-hydrogen) atoms. The van der Waals surface area contributed by atoms with Gasteiger partial charge in [0.05, 0.1) is 12.1 Å². The van der Waals surface area contributed by atoms with Crippen molar-refractivity contribution in [2.75, 3.05) is 12.3 Å². The number of Topliss-reactive ketones (excluding diaryl/α,β-unsaturated/α-hetero) is 2. The van der Waals surface area contributed by atoms with E-state index < -0.39 is 36.0 Å². The van der Waals surface area contributed by atoms with Crippen LogP contribution in [0.25, 0.3) is 0 Å². The highest BCUT2D eigenvalue weighted by atomic mass is 35.5. The lowest BCUT2D eigenvalue weighted by Crippen LogP contribution is -2.50. The van der Waals surface area contributed by atoms with Gasteiger partial charge in [0.1, 0.15) is 11.8 Å². The zero-order valence-electron chi connectivity index (χ0n) is 22.1. The number of carboxylic acids is 2. The Labute approximate surface area is 245 Å². The molecule has 13 heteroatoms. The zero-order chi connectivity index (χ0) is 29.4. The number of nitrogens with two attached hydrogens (primary N) is 1. The molecule has 4 atom stereocenters. The SMILES string of the molecule is CC(=O)C(N)CCC(=O)NC(CSSC1CCN(Cc2ccccc2Cl)C(C(=O)C2CC2)/C1=C/C(=O)O)C(=O)O. The fourth-order valence-electron chi connectivity index (χ4n) is 4.46. The van der Waals surface area contributed by atoms with Crippen molar-refractivity contribution in [2.45, 2.75) is 68.9 Å². The minimum absolute atomic E-state index is 0.00528. The molecule has 1 aliphatic carbocycles. The van der Waals surface area contributed by atoms with Crippen LogP contribution in [-0.2, 0) is 30.5 Å². The minimum Gasteiger partial charge on any atom is -0.480 e. The zero-order valence-corrected chi connectivity index (χ0v) is 24.5. The Hall–Kier alpha value is -2.38. The summed E-state index contributed by atoms with van der Waals surface area (Å²) < 4.78 is 0. The van der Waals surface area contributed by atoms with E-state index in [2.05, 4.69) is 5.32 Å². The van der Waals surface area contributed by atoms with E-state index in [0.29, 0.717) is 30.1 Å². The molecule has 1 saturated heterocycles. The van der Waals surface area contributed by atoms with Crippen molar-refractivity contribution < 1.29 is 34.2 Å². The lowest BCUT2D eigenvalue weighted by molar-refractivity contribution is -0.141. The number of aliphatic carboxylic acids is 2. The number of benzene rings is 1. The molecule has 0 bridgehead atoms. The molecule has 1 heterocycles. The summed E-state index contributed by atoms with van der Waals surface area (Å²) in [6.45, 7) is 2.25. The van der Waals surface area contributed by atoms with Crippen LogP contribution < -0.4 is 11.1 Å². The highest BCUT2D eigenvalue weighted by molar-refractivity contribution is 8.77. The molecule has 1 saturated carbocycles. The van der Waals surface area contributed by atoms with E-state index >= 15 is 0 Å². The van der Waals surface area contributed by atoms with Crippen LogP contribution in [0.1, 0.15) is 44.6 Å². The van der Waals surface area contributed by atoms with Crippen molar-refractivity contribution in [3.63, 3.8) is 0 Å². The molecule has 0 radical (unpaired) electrons. The van der Waals surface area contributed by atoms with Crippen LogP contribution in [0.3, 0.4) is 0 Å². The van der Waals surface area contributed by atoms with Crippen LogP contribution >= 0.6 is 33.2 Å². The average Bonchev–Trinajstić information content (AvgIpc) is 3.74. The van der Waals surface area contributed by atoms with Gasteiger partial charge >= 0.3 is 11.9 Å². The van der Waals surface area contributed by atoms with Gasteiger partial charge in [-0.15, -0.1) is 0 Å². The molecule has 0 aromatic heterocycles. The van der Waals surface area contributed by atoms with Crippen LogP contribution in [-0.4, -0.2) is 80.2 Å². The number of hydrogen-bond acceptors (Lipinski definition) is 9. The Morgan fingerprint density at radius 2 is 1.88 bits per heavy atom. The van der Waals surface area contributed by atoms with Gasteiger partial charge in [-0.25, -0.2) is 9.59 Å². The van der Waals surface area contributed by atoms with Crippen LogP contribution in [0.2, 0.25) is 5.02 Å². The Kier molecular flexibility index (Phi) is 12.1. The third kappa shape index (κ3) is 9.34. The van der Waals surface area contributed by atoms with Gasteiger partial charge in [-0.05, 0) is 49.8 Å². The van der Waals surface area contributed by atoms with Crippen LogP contribution in [0.15, 0.2) is 35.9 Å². The first-order chi connectivity index (χ1) is 19.0. The van der Waals surface area contributed by atoms with Crippen LogP contribution in [0.5, 0.6) is 0 Å². The van der Waals surface area contributed by atoms with Gasteiger partial charge in [0, 0.05) is 47.5 Å². The van der Waals surface area contributed by atoms with Crippen molar-refractivity contribution in [1.82, 2.24) is 10.2 Å². The van der Waals surface area contributed by atoms with E-state index in [-0.39, 0.29) is 41.3 Å². The Balaban J connectivity index is 1.69. The van der Waals surface area contributed by atoms with Crippen molar-refractivity contribution in [3.8, 4) is 0 Å². The summed E-state index contributed by atoms with van der Waals surface area (Å²) in [5, 5.41) is 22.0. The lowest BCUT2D eigenvalue weighted by atomic mass is 9.89. The predicted molar refractivity (Wildman–Crippen MR) is 155 cm³/mol. The molecule has 10 nitrogen and oxygen atoms in total. The Morgan fingerprint density at radius 1 is 1.18 bits per heavy atom. The molecule has 2 fully saturated rings. The Bertz CT molecular complexity index is 1160. The number of hydrogen-bond donors (Lipinski definition) is 4. The highest BCUT2D eigenvalue weighted by Gasteiger charge is 2.44. The number of nitrogens with zero attached hydrogens (tertiary/aromatic N) is 1. The minimum atomic E-state index is -1.21. The maximum absolute atomic E-state index is 13.4. The number of piperidine rings is 1. The molecule has 2 aliphatic rings. The fourth-order valence-corrected chi connectivity index (χ4v) is 7.52. The molecular formula is C27H34ClN3O7S2. The number of nitrogens with one attached hydrogen (secondary N) is 1. The molecule has 0 spiro atoms. The number of likely N-dealkylation sites (tertiary alicyclic amines) is 1. The molecule has 218 valence electrons. The number of rotatable bonds is 15. The molecule has 3 rings (SSSR count). The summed E-state index contributed by atoms with van der Waals surface area (Å²) in [5.41, 5.74) is 6.97. The summed E-state index contributed by atoms with van der Waals surface area (Å²) in [7, 11) is 2.51. The van der Waals surface area contributed by atoms with E-state index in [1.54, 1.807) is 6.07 Å². The molecule has 4 unspecified atom stereocenters. The number of ketones is 2. The average molecular weight is 612 g/mol. The monoisotopic (exact) mass is 611 g/mol. The van der Waals surface area contributed by atoms with E-state index in [0.717, 1.165) is 24.5 Å². The third-order valence-corrected chi connectivity index (χ3v) is 10.1. The van der Waals surface area contributed by atoms with Gasteiger partial charge in [-0.1, -0.05) is 51.4 Å². The van der Waals surface area contributed by atoms with Crippen LogP contribution in [0.4, 0.5) is 0 Å². The molecule has 5 N–H and O–H groups in total. The van der Waals surface area contributed by atoms with Crippen molar-refractivity contribution >= 4 is 62.6 Å². The molecule has 1 aromatic rings. The third-order valence-electron chi connectivity index (χ3n) is 6.86.